The highest BCUT2D eigenvalue weighted by Gasteiger charge is 2.46. The molecule has 0 aromatic heterocycles. The van der Waals surface area contributed by atoms with Crippen molar-refractivity contribution < 1.29 is 0 Å². The first kappa shape index (κ1) is 12.0. The Bertz CT molecular complexity index is 261. The van der Waals surface area contributed by atoms with Crippen molar-refractivity contribution in [3.63, 3.8) is 0 Å². The lowest BCUT2D eigenvalue weighted by molar-refractivity contribution is 0.0143. The van der Waals surface area contributed by atoms with E-state index in [1.165, 1.54) is 51.9 Å². The molecule has 2 bridgehead atoms. The molecule has 2 nitrogen and oxygen atoms in total. The van der Waals surface area contributed by atoms with Crippen LogP contribution in [0, 0.1) is 11.8 Å². The van der Waals surface area contributed by atoms with Crippen LogP contribution in [0.15, 0.2) is 0 Å². The maximum Gasteiger partial charge on any atom is 0.0176 e. The van der Waals surface area contributed by atoms with E-state index >= 15 is 0 Å². The Kier molecular flexibility index (Phi) is 2.99. The lowest BCUT2D eigenvalue weighted by Gasteiger charge is -2.47. The van der Waals surface area contributed by atoms with Crippen LogP contribution >= 0.6 is 0 Å². The summed E-state index contributed by atoms with van der Waals surface area (Å²) < 4.78 is 0. The molecule has 17 heavy (non-hydrogen) atoms. The average molecular weight is 236 g/mol. The van der Waals surface area contributed by atoms with Gasteiger partial charge in [0.25, 0.3) is 0 Å². The van der Waals surface area contributed by atoms with Gasteiger partial charge in [-0.2, -0.15) is 0 Å². The van der Waals surface area contributed by atoms with Crippen LogP contribution in [0.3, 0.4) is 0 Å². The van der Waals surface area contributed by atoms with Crippen molar-refractivity contribution in [3.05, 3.63) is 0 Å². The molecular weight excluding hydrogens is 208 g/mol. The molecule has 0 spiro atoms. The summed E-state index contributed by atoms with van der Waals surface area (Å²) in [5.74, 6) is 1.93. The fourth-order valence-corrected chi connectivity index (χ4v) is 4.38. The second-order valence-electron chi connectivity index (χ2n) is 7.41. The Morgan fingerprint density at radius 3 is 1.88 bits per heavy atom. The van der Waals surface area contributed by atoms with E-state index in [0.29, 0.717) is 5.54 Å². The van der Waals surface area contributed by atoms with Crippen molar-refractivity contribution in [2.24, 2.45) is 11.8 Å². The fraction of sp³-hybridized carbons (Fsp3) is 1.00. The van der Waals surface area contributed by atoms with Crippen molar-refractivity contribution in [1.82, 2.24) is 9.80 Å². The minimum atomic E-state index is 0.372. The van der Waals surface area contributed by atoms with Gasteiger partial charge in [-0.15, -0.1) is 0 Å². The van der Waals surface area contributed by atoms with Gasteiger partial charge in [-0.1, -0.05) is 0 Å². The number of nitrogens with zero attached hydrogens (tertiary/aromatic N) is 2. The van der Waals surface area contributed by atoms with E-state index in [1.54, 1.807) is 0 Å². The van der Waals surface area contributed by atoms with Gasteiger partial charge in [-0.05, 0) is 71.4 Å². The third-order valence-electron chi connectivity index (χ3n) is 5.29. The molecule has 0 aromatic rings. The summed E-state index contributed by atoms with van der Waals surface area (Å²) in [4.78, 5) is 5.56. The summed E-state index contributed by atoms with van der Waals surface area (Å²) >= 11 is 0. The summed E-state index contributed by atoms with van der Waals surface area (Å²) in [5, 5.41) is 0. The number of piperidine rings is 1. The van der Waals surface area contributed by atoms with Crippen LogP contribution in [-0.4, -0.2) is 47.6 Å². The van der Waals surface area contributed by atoms with Crippen molar-refractivity contribution in [2.75, 3.05) is 26.2 Å². The van der Waals surface area contributed by atoms with Crippen LogP contribution in [0.1, 0.15) is 46.5 Å². The predicted octanol–water partition coefficient (Wildman–Crippen LogP) is 2.59. The van der Waals surface area contributed by atoms with E-state index in [9.17, 15) is 0 Å². The lowest BCUT2D eigenvalue weighted by atomic mass is 9.88. The molecule has 2 atom stereocenters. The molecule has 3 fully saturated rings. The van der Waals surface area contributed by atoms with E-state index in [0.717, 1.165) is 17.9 Å². The van der Waals surface area contributed by atoms with Crippen LogP contribution in [-0.2, 0) is 0 Å². The Morgan fingerprint density at radius 2 is 1.41 bits per heavy atom. The van der Waals surface area contributed by atoms with Crippen molar-refractivity contribution in [1.29, 1.82) is 0 Å². The van der Waals surface area contributed by atoms with Crippen molar-refractivity contribution >= 4 is 0 Å². The van der Waals surface area contributed by atoms with Crippen LogP contribution in [0.4, 0.5) is 0 Å². The van der Waals surface area contributed by atoms with Gasteiger partial charge in [0.15, 0.2) is 0 Å². The molecule has 0 amide bonds. The smallest absolute Gasteiger partial charge is 0.0176 e. The highest BCUT2D eigenvalue weighted by molar-refractivity contribution is 5.01. The van der Waals surface area contributed by atoms with E-state index in [-0.39, 0.29) is 0 Å². The molecule has 1 aliphatic carbocycles. The lowest BCUT2D eigenvalue weighted by Crippen LogP contribution is -2.56. The van der Waals surface area contributed by atoms with Crippen LogP contribution < -0.4 is 0 Å². The molecule has 2 unspecified atom stereocenters. The summed E-state index contributed by atoms with van der Waals surface area (Å²) in [6.45, 7) is 12.6. The fourth-order valence-electron chi connectivity index (χ4n) is 4.38. The van der Waals surface area contributed by atoms with Crippen LogP contribution in [0.5, 0.6) is 0 Å². The SMILES string of the molecule is CC(C)(C)N1CC2CCC(C1)C2N1CCCC1. The number of rotatable bonds is 1. The summed E-state index contributed by atoms with van der Waals surface area (Å²) in [7, 11) is 0. The van der Waals surface area contributed by atoms with Crippen molar-refractivity contribution in [2.45, 2.75) is 58.0 Å². The number of hydrogen-bond donors (Lipinski definition) is 0. The van der Waals surface area contributed by atoms with Gasteiger partial charge in [0.05, 0.1) is 0 Å². The maximum absolute atomic E-state index is 2.82. The Hall–Kier alpha value is -0.0800. The third-order valence-corrected chi connectivity index (χ3v) is 5.29. The Labute approximate surface area is 106 Å². The summed E-state index contributed by atoms with van der Waals surface area (Å²) in [6, 6.07) is 0.941. The first-order chi connectivity index (χ1) is 8.05. The zero-order valence-electron chi connectivity index (χ0n) is 11.8. The monoisotopic (exact) mass is 236 g/mol. The zero-order valence-corrected chi connectivity index (χ0v) is 11.8. The molecule has 2 aliphatic heterocycles. The van der Waals surface area contributed by atoms with Gasteiger partial charge in [0.2, 0.25) is 0 Å². The third kappa shape index (κ3) is 2.15. The maximum atomic E-state index is 2.82. The highest BCUT2D eigenvalue weighted by atomic mass is 15.3. The first-order valence-corrected chi connectivity index (χ1v) is 7.55. The van der Waals surface area contributed by atoms with Crippen LogP contribution in [0.2, 0.25) is 0 Å². The standard InChI is InChI=1S/C15H28N2/c1-15(2,3)17-10-12-6-7-13(11-17)14(12)16-8-4-5-9-16/h12-14H,4-11H2,1-3H3. The molecule has 0 radical (unpaired) electrons. The van der Waals surface area contributed by atoms with Gasteiger partial charge >= 0.3 is 0 Å². The minimum absolute atomic E-state index is 0.372. The molecule has 2 heteroatoms. The second-order valence-corrected chi connectivity index (χ2v) is 7.41. The summed E-state index contributed by atoms with van der Waals surface area (Å²) in [6.07, 6.45) is 5.86. The quantitative estimate of drug-likeness (QED) is 0.690. The molecule has 0 N–H and O–H groups in total. The Morgan fingerprint density at radius 1 is 0.882 bits per heavy atom. The number of fused-ring (bicyclic) bond motifs is 2. The molecule has 3 rings (SSSR count). The van der Waals surface area contributed by atoms with Gasteiger partial charge in [0.1, 0.15) is 0 Å². The normalized spacial score (nSPS) is 40.1. The molecule has 98 valence electrons. The molecular formula is C15H28N2. The van der Waals surface area contributed by atoms with Gasteiger partial charge < -0.3 is 0 Å². The highest BCUT2D eigenvalue weighted by Crippen LogP contribution is 2.42. The number of hydrogen-bond acceptors (Lipinski definition) is 2. The Balaban J connectivity index is 1.71. The largest absolute Gasteiger partial charge is 0.300 e. The van der Waals surface area contributed by atoms with E-state index < -0.39 is 0 Å². The predicted molar refractivity (Wildman–Crippen MR) is 72.1 cm³/mol. The van der Waals surface area contributed by atoms with E-state index in [1.807, 2.05) is 0 Å². The van der Waals surface area contributed by atoms with Crippen LogP contribution in [0.25, 0.3) is 0 Å². The second kappa shape index (κ2) is 4.24. The van der Waals surface area contributed by atoms with Crippen molar-refractivity contribution in [3.8, 4) is 0 Å². The molecule has 0 aromatic carbocycles. The van der Waals surface area contributed by atoms with Gasteiger partial charge in [0, 0.05) is 24.7 Å². The zero-order chi connectivity index (χ0) is 12.0. The van der Waals surface area contributed by atoms with Gasteiger partial charge in [-0.25, -0.2) is 0 Å². The van der Waals surface area contributed by atoms with E-state index in [2.05, 4.69) is 30.6 Å². The molecule has 3 aliphatic rings. The minimum Gasteiger partial charge on any atom is -0.300 e. The summed E-state index contributed by atoms with van der Waals surface area (Å²) in [5.41, 5.74) is 0.372. The first-order valence-electron chi connectivity index (χ1n) is 7.55. The topological polar surface area (TPSA) is 6.48 Å². The van der Waals surface area contributed by atoms with Gasteiger partial charge in [-0.3, -0.25) is 9.80 Å². The van der Waals surface area contributed by atoms with E-state index in [4.69, 9.17) is 0 Å². The average Bonchev–Trinajstić information content (AvgIpc) is 2.82. The molecule has 2 heterocycles. The molecule has 1 saturated carbocycles. The number of likely N-dealkylation sites (tertiary alicyclic amines) is 2. The molecule has 2 saturated heterocycles.